The summed E-state index contributed by atoms with van der Waals surface area (Å²) in [6.45, 7) is 13.5. The van der Waals surface area contributed by atoms with E-state index in [1.54, 1.807) is 0 Å². The smallest absolute Gasteiger partial charge is 0.0606 e. The summed E-state index contributed by atoms with van der Waals surface area (Å²) in [5.74, 6) is 0. The van der Waals surface area contributed by atoms with Crippen molar-refractivity contribution in [2.24, 2.45) is 0 Å². The van der Waals surface area contributed by atoms with E-state index in [0.29, 0.717) is 0 Å². The summed E-state index contributed by atoms with van der Waals surface area (Å²) >= 11 is 0. The molecule has 0 unspecified atom stereocenters. The molecule has 0 amide bonds. The van der Waals surface area contributed by atoms with Crippen LogP contribution in [-0.4, -0.2) is 7.85 Å². The van der Waals surface area contributed by atoms with Crippen molar-refractivity contribution < 1.29 is 0 Å². The van der Waals surface area contributed by atoms with E-state index in [1.807, 2.05) is 41.5 Å². The highest BCUT2D eigenvalue weighted by Crippen LogP contribution is 2.35. The molecule has 0 aromatic heterocycles. The maximum Gasteiger partial charge on any atom is 0.0606 e. The monoisotopic (exact) mass is 282 g/mol. The third kappa shape index (κ3) is 6.20. The van der Waals surface area contributed by atoms with E-state index >= 15 is 0 Å². The van der Waals surface area contributed by atoms with Gasteiger partial charge in [-0.1, -0.05) is 96.9 Å². The second-order valence-corrected chi connectivity index (χ2v) is 3.49. The Labute approximate surface area is 134 Å². The standard InChI is InChI=1S/C13H10.3C2H6.CH3B/c1-3-7-12-10(5-1)9-11-6-2-4-8-13(11)12;4*1-2/h1-8H,9H2;3*1-2H3;1H3. The molecule has 0 bridgehead atoms. The van der Waals surface area contributed by atoms with Gasteiger partial charge in [-0.15, -0.1) is 0 Å². The first-order valence-corrected chi connectivity index (χ1v) is 8.19. The van der Waals surface area contributed by atoms with Gasteiger partial charge >= 0.3 is 0 Å². The van der Waals surface area contributed by atoms with Gasteiger partial charge in [0, 0.05) is 0 Å². The molecule has 0 atom stereocenters. The number of rotatable bonds is 0. The molecule has 114 valence electrons. The van der Waals surface area contributed by atoms with Crippen LogP contribution in [0.2, 0.25) is 6.82 Å². The molecule has 2 radical (unpaired) electrons. The Morgan fingerprint density at radius 3 is 1.19 bits per heavy atom. The molecule has 0 spiro atoms. The van der Waals surface area contributed by atoms with Gasteiger partial charge in [-0.3, -0.25) is 0 Å². The summed E-state index contributed by atoms with van der Waals surface area (Å²) in [5, 5.41) is 0. The summed E-state index contributed by atoms with van der Waals surface area (Å²) in [4.78, 5) is 0. The van der Waals surface area contributed by atoms with Crippen LogP contribution in [0.4, 0.5) is 0 Å². The summed E-state index contributed by atoms with van der Waals surface area (Å²) < 4.78 is 0. The molecule has 0 aliphatic heterocycles. The van der Waals surface area contributed by atoms with Crippen molar-refractivity contribution in [1.82, 2.24) is 0 Å². The predicted octanol–water partition coefficient (Wildman–Crippen LogP) is 6.54. The van der Waals surface area contributed by atoms with Crippen molar-refractivity contribution in [3.63, 3.8) is 0 Å². The van der Waals surface area contributed by atoms with Crippen LogP contribution in [0.5, 0.6) is 0 Å². The van der Waals surface area contributed by atoms with Crippen LogP contribution in [0.1, 0.15) is 52.7 Å². The molecule has 21 heavy (non-hydrogen) atoms. The highest BCUT2D eigenvalue weighted by Gasteiger charge is 2.15. The van der Waals surface area contributed by atoms with Crippen LogP contribution < -0.4 is 0 Å². The van der Waals surface area contributed by atoms with Crippen LogP contribution in [0.3, 0.4) is 0 Å². The van der Waals surface area contributed by atoms with E-state index in [1.165, 1.54) is 29.1 Å². The molecule has 0 nitrogen and oxygen atoms in total. The van der Waals surface area contributed by atoms with Gasteiger partial charge in [0.05, 0.1) is 7.85 Å². The van der Waals surface area contributed by atoms with Crippen molar-refractivity contribution in [1.29, 1.82) is 0 Å². The van der Waals surface area contributed by atoms with Gasteiger partial charge < -0.3 is 0 Å². The molecule has 0 saturated heterocycles. The summed E-state index contributed by atoms with van der Waals surface area (Å²) in [6, 6.07) is 17.3. The molecule has 0 N–H and O–H groups in total. The van der Waals surface area contributed by atoms with Gasteiger partial charge in [0.25, 0.3) is 0 Å². The van der Waals surface area contributed by atoms with Crippen molar-refractivity contribution in [2.45, 2.75) is 54.8 Å². The lowest BCUT2D eigenvalue weighted by molar-refractivity contribution is 1.26. The topological polar surface area (TPSA) is 0 Å². The summed E-state index contributed by atoms with van der Waals surface area (Å²) in [5.41, 5.74) is 5.75. The molecular weight excluding hydrogens is 251 g/mol. The normalized spacial score (nSPS) is 8.71. The number of fused-ring (bicyclic) bond motifs is 3. The fourth-order valence-corrected chi connectivity index (χ4v) is 2.08. The molecule has 1 aliphatic rings. The fourth-order valence-electron chi connectivity index (χ4n) is 2.08. The van der Waals surface area contributed by atoms with E-state index in [2.05, 4.69) is 56.4 Å². The SMILES string of the molecule is CC.CC.CC.[B]C.c1ccc2c(c1)Cc1ccccc1-2. The van der Waals surface area contributed by atoms with E-state index in [0.717, 1.165) is 6.42 Å². The lowest BCUT2D eigenvalue weighted by atomic mass is 10.1. The van der Waals surface area contributed by atoms with Gasteiger partial charge in [0.15, 0.2) is 0 Å². The van der Waals surface area contributed by atoms with E-state index < -0.39 is 0 Å². The minimum Gasteiger partial charge on any atom is -0.0999 e. The Hall–Kier alpha value is -1.50. The van der Waals surface area contributed by atoms with Gasteiger partial charge in [0.1, 0.15) is 0 Å². The second kappa shape index (κ2) is 14.9. The van der Waals surface area contributed by atoms with E-state index in [-0.39, 0.29) is 0 Å². The average Bonchev–Trinajstić information content (AvgIpc) is 3.01. The maximum atomic E-state index is 4.50. The Morgan fingerprint density at radius 1 is 0.571 bits per heavy atom. The molecule has 3 rings (SSSR count). The first kappa shape index (κ1) is 21.8. The first-order valence-electron chi connectivity index (χ1n) is 8.19. The van der Waals surface area contributed by atoms with E-state index in [9.17, 15) is 0 Å². The van der Waals surface area contributed by atoms with Crippen LogP contribution in [-0.2, 0) is 6.42 Å². The Bertz CT molecular complexity index is 417. The van der Waals surface area contributed by atoms with Crippen molar-refractivity contribution in [3.05, 3.63) is 59.7 Å². The first-order chi connectivity index (χ1) is 10.4. The van der Waals surface area contributed by atoms with Crippen molar-refractivity contribution in [2.75, 3.05) is 0 Å². The third-order valence-electron chi connectivity index (χ3n) is 2.71. The lowest BCUT2D eigenvalue weighted by Crippen LogP contribution is -1.77. The Morgan fingerprint density at radius 2 is 0.857 bits per heavy atom. The van der Waals surface area contributed by atoms with Crippen LogP contribution >= 0.6 is 0 Å². The molecule has 1 aliphatic carbocycles. The van der Waals surface area contributed by atoms with Gasteiger partial charge in [-0.25, -0.2) is 0 Å². The zero-order valence-electron chi connectivity index (χ0n) is 14.9. The van der Waals surface area contributed by atoms with Gasteiger partial charge in [0.2, 0.25) is 0 Å². The molecule has 0 fully saturated rings. The fraction of sp³-hybridized carbons (Fsp3) is 0.400. The van der Waals surface area contributed by atoms with Crippen LogP contribution in [0.25, 0.3) is 11.1 Å². The molecular formula is C20H31B. The summed E-state index contributed by atoms with van der Waals surface area (Å²) in [6.07, 6.45) is 1.10. The van der Waals surface area contributed by atoms with Crippen molar-refractivity contribution in [3.8, 4) is 11.1 Å². The molecule has 0 heterocycles. The number of hydrogen-bond acceptors (Lipinski definition) is 0. The molecule has 0 saturated carbocycles. The quantitative estimate of drug-likeness (QED) is 0.411. The maximum absolute atomic E-state index is 4.50. The lowest BCUT2D eigenvalue weighted by Gasteiger charge is -1.98. The molecule has 2 aromatic rings. The summed E-state index contributed by atoms with van der Waals surface area (Å²) in [7, 11) is 4.50. The number of benzene rings is 2. The minimum atomic E-state index is 1.10. The van der Waals surface area contributed by atoms with Crippen molar-refractivity contribution >= 4 is 7.85 Å². The average molecular weight is 282 g/mol. The Balaban J connectivity index is 0. The predicted molar refractivity (Wildman–Crippen MR) is 100 cm³/mol. The largest absolute Gasteiger partial charge is 0.0999 e. The highest BCUT2D eigenvalue weighted by atomic mass is 14.2. The van der Waals surface area contributed by atoms with Crippen LogP contribution in [0, 0.1) is 0 Å². The third-order valence-corrected chi connectivity index (χ3v) is 2.71. The zero-order chi connectivity index (χ0) is 16.7. The zero-order valence-corrected chi connectivity index (χ0v) is 14.9. The van der Waals surface area contributed by atoms with E-state index in [4.69, 9.17) is 0 Å². The van der Waals surface area contributed by atoms with Gasteiger partial charge in [-0.2, -0.15) is 0 Å². The van der Waals surface area contributed by atoms with Gasteiger partial charge in [-0.05, 0) is 28.7 Å². The minimum absolute atomic E-state index is 1.10. The molecule has 1 heteroatoms. The van der Waals surface area contributed by atoms with Crippen LogP contribution in [0.15, 0.2) is 48.5 Å². The molecule has 2 aromatic carbocycles. The Kier molecular flexibility index (Phi) is 15.5. The number of hydrogen-bond donors (Lipinski definition) is 0. The highest BCUT2D eigenvalue weighted by molar-refractivity contribution is 6.05. The second-order valence-electron chi connectivity index (χ2n) is 3.49.